The summed E-state index contributed by atoms with van der Waals surface area (Å²) in [5.74, 6) is 0.0903. The third-order valence-electron chi connectivity index (χ3n) is 1.92. The highest BCUT2D eigenvalue weighted by Gasteiger charge is 2.06. The molecule has 8 heteroatoms. The van der Waals surface area contributed by atoms with E-state index in [4.69, 9.17) is 5.73 Å². The number of H-pyrrole nitrogens is 1. The van der Waals surface area contributed by atoms with Crippen molar-refractivity contribution in [1.29, 1.82) is 0 Å². The highest BCUT2D eigenvalue weighted by atomic mass is 79.9. The van der Waals surface area contributed by atoms with Gasteiger partial charge >= 0.3 is 0 Å². The van der Waals surface area contributed by atoms with Crippen molar-refractivity contribution in [1.82, 2.24) is 20.6 Å². The topological polar surface area (TPSA) is 92.5 Å². The smallest absolute Gasteiger partial charge is 0.193 e. The standard InChI is InChI=1S/C8H8BrFN6/c9-4-1-6(11)7(2-5(4)10)12-3-8-13-15-16-14-8/h1-2,12H,3,11H2,(H,13,14,15,16). The van der Waals surface area contributed by atoms with Crippen molar-refractivity contribution in [2.24, 2.45) is 0 Å². The lowest BCUT2D eigenvalue weighted by molar-refractivity contribution is 0.621. The summed E-state index contributed by atoms with van der Waals surface area (Å²) in [5.41, 5.74) is 6.64. The van der Waals surface area contributed by atoms with Gasteiger partial charge in [-0.2, -0.15) is 5.21 Å². The molecule has 0 unspecified atom stereocenters. The largest absolute Gasteiger partial charge is 0.397 e. The Morgan fingerprint density at radius 2 is 2.31 bits per heavy atom. The second kappa shape index (κ2) is 4.44. The van der Waals surface area contributed by atoms with E-state index in [0.29, 0.717) is 28.2 Å². The van der Waals surface area contributed by atoms with E-state index in [2.05, 4.69) is 41.9 Å². The second-order valence-electron chi connectivity index (χ2n) is 3.04. The predicted molar refractivity (Wildman–Crippen MR) is 60.0 cm³/mol. The van der Waals surface area contributed by atoms with Gasteiger partial charge in [0.1, 0.15) is 5.82 Å². The molecule has 1 aromatic carbocycles. The molecule has 0 aliphatic carbocycles. The summed E-state index contributed by atoms with van der Waals surface area (Å²) in [4.78, 5) is 0. The van der Waals surface area contributed by atoms with Crippen LogP contribution in [-0.4, -0.2) is 20.6 Å². The molecule has 0 bridgehead atoms. The molecule has 6 nitrogen and oxygen atoms in total. The number of nitrogens with two attached hydrogens (primary N) is 1. The van der Waals surface area contributed by atoms with Gasteiger partial charge in [-0.1, -0.05) is 5.21 Å². The zero-order chi connectivity index (χ0) is 11.5. The quantitative estimate of drug-likeness (QED) is 0.740. The molecule has 0 amide bonds. The fourth-order valence-corrected chi connectivity index (χ4v) is 1.51. The van der Waals surface area contributed by atoms with Gasteiger partial charge in [0.2, 0.25) is 0 Å². The van der Waals surface area contributed by atoms with E-state index in [0.717, 1.165) is 0 Å². The number of hydrogen-bond donors (Lipinski definition) is 3. The number of tetrazole rings is 1. The van der Waals surface area contributed by atoms with Crippen LogP contribution in [0.25, 0.3) is 0 Å². The van der Waals surface area contributed by atoms with Crippen molar-refractivity contribution < 1.29 is 4.39 Å². The Kier molecular flexibility index (Phi) is 3.00. The van der Waals surface area contributed by atoms with Gasteiger partial charge in [-0.15, -0.1) is 10.2 Å². The number of hydrogen-bond acceptors (Lipinski definition) is 5. The molecule has 2 rings (SSSR count). The van der Waals surface area contributed by atoms with Crippen LogP contribution in [0, 0.1) is 5.82 Å². The maximum Gasteiger partial charge on any atom is 0.193 e. The van der Waals surface area contributed by atoms with E-state index in [9.17, 15) is 4.39 Å². The maximum atomic E-state index is 13.2. The Hall–Kier alpha value is -1.70. The van der Waals surface area contributed by atoms with Crippen molar-refractivity contribution in [3.63, 3.8) is 0 Å². The van der Waals surface area contributed by atoms with Crippen molar-refractivity contribution in [3.05, 3.63) is 28.2 Å². The lowest BCUT2D eigenvalue weighted by atomic mass is 10.2. The van der Waals surface area contributed by atoms with Crippen LogP contribution in [-0.2, 0) is 6.54 Å². The summed E-state index contributed by atoms with van der Waals surface area (Å²) in [6.07, 6.45) is 0. The molecule has 1 aromatic heterocycles. The third kappa shape index (κ3) is 2.27. The lowest BCUT2D eigenvalue weighted by Crippen LogP contribution is -2.04. The highest BCUT2D eigenvalue weighted by molar-refractivity contribution is 9.10. The summed E-state index contributed by atoms with van der Waals surface area (Å²) in [6.45, 7) is 0.321. The molecule has 0 radical (unpaired) electrons. The molecule has 0 atom stereocenters. The van der Waals surface area contributed by atoms with E-state index in [1.807, 2.05) is 0 Å². The van der Waals surface area contributed by atoms with E-state index in [1.54, 1.807) is 0 Å². The maximum absolute atomic E-state index is 13.2. The van der Waals surface area contributed by atoms with Crippen LogP contribution in [0.2, 0.25) is 0 Å². The van der Waals surface area contributed by atoms with Gasteiger partial charge in [0.25, 0.3) is 0 Å². The third-order valence-corrected chi connectivity index (χ3v) is 2.53. The van der Waals surface area contributed by atoms with Gasteiger partial charge in [0.05, 0.1) is 22.4 Å². The molecule has 0 spiro atoms. The number of nitrogens with zero attached hydrogens (tertiary/aromatic N) is 3. The number of anilines is 2. The molecule has 84 valence electrons. The normalized spacial score (nSPS) is 10.4. The van der Waals surface area contributed by atoms with E-state index in [1.165, 1.54) is 12.1 Å². The number of benzene rings is 1. The molecule has 0 fully saturated rings. The minimum Gasteiger partial charge on any atom is -0.397 e. The van der Waals surface area contributed by atoms with Crippen molar-refractivity contribution in [3.8, 4) is 0 Å². The Balaban J connectivity index is 2.12. The van der Waals surface area contributed by atoms with Crippen LogP contribution in [0.3, 0.4) is 0 Å². The lowest BCUT2D eigenvalue weighted by Gasteiger charge is -2.08. The van der Waals surface area contributed by atoms with E-state index < -0.39 is 0 Å². The first-order valence-corrected chi connectivity index (χ1v) is 5.17. The Morgan fingerprint density at radius 1 is 1.50 bits per heavy atom. The molecule has 16 heavy (non-hydrogen) atoms. The predicted octanol–water partition coefficient (Wildman–Crippen LogP) is 1.30. The Labute approximate surface area is 98.5 Å². The molecule has 0 aliphatic heterocycles. The number of halogens is 2. The number of nitrogens with one attached hydrogen (secondary N) is 2. The highest BCUT2D eigenvalue weighted by Crippen LogP contribution is 2.26. The average Bonchev–Trinajstić information content (AvgIpc) is 2.74. The van der Waals surface area contributed by atoms with Crippen LogP contribution in [0.5, 0.6) is 0 Å². The minimum absolute atomic E-state index is 0.321. The van der Waals surface area contributed by atoms with Crippen molar-refractivity contribution in [2.75, 3.05) is 11.1 Å². The van der Waals surface area contributed by atoms with Crippen LogP contribution in [0.15, 0.2) is 16.6 Å². The zero-order valence-corrected chi connectivity index (χ0v) is 9.62. The van der Waals surface area contributed by atoms with Crippen LogP contribution >= 0.6 is 15.9 Å². The fraction of sp³-hybridized carbons (Fsp3) is 0.125. The summed E-state index contributed by atoms with van der Waals surface area (Å²) in [7, 11) is 0. The first-order valence-electron chi connectivity index (χ1n) is 4.37. The zero-order valence-electron chi connectivity index (χ0n) is 8.04. The summed E-state index contributed by atoms with van der Waals surface area (Å²) in [5, 5.41) is 16.1. The first-order chi connectivity index (χ1) is 7.66. The molecule has 1 heterocycles. The fourth-order valence-electron chi connectivity index (χ4n) is 1.15. The van der Waals surface area contributed by atoms with Gasteiger partial charge in [-0.3, -0.25) is 0 Å². The van der Waals surface area contributed by atoms with Gasteiger partial charge in [0, 0.05) is 6.07 Å². The van der Waals surface area contributed by atoms with Gasteiger partial charge < -0.3 is 11.1 Å². The van der Waals surface area contributed by atoms with Crippen LogP contribution in [0.1, 0.15) is 5.82 Å². The number of nitrogen functional groups attached to an aromatic ring is 1. The van der Waals surface area contributed by atoms with Gasteiger partial charge in [-0.25, -0.2) is 4.39 Å². The molecule has 0 aliphatic rings. The van der Waals surface area contributed by atoms with Crippen molar-refractivity contribution in [2.45, 2.75) is 6.54 Å². The number of aromatic amines is 1. The van der Waals surface area contributed by atoms with Gasteiger partial charge in [0.15, 0.2) is 5.82 Å². The average molecular weight is 287 g/mol. The summed E-state index contributed by atoms with van der Waals surface area (Å²) < 4.78 is 13.6. The monoisotopic (exact) mass is 286 g/mol. The van der Waals surface area contributed by atoms with E-state index in [-0.39, 0.29) is 5.82 Å². The molecule has 0 saturated heterocycles. The van der Waals surface area contributed by atoms with Gasteiger partial charge in [-0.05, 0) is 22.0 Å². The molecule has 0 saturated carbocycles. The summed E-state index contributed by atoms with van der Waals surface area (Å²) >= 11 is 3.05. The summed E-state index contributed by atoms with van der Waals surface area (Å²) in [6, 6.07) is 2.80. The van der Waals surface area contributed by atoms with Crippen molar-refractivity contribution >= 4 is 27.3 Å². The van der Waals surface area contributed by atoms with Crippen LogP contribution in [0.4, 0.5) is 15.8 Å². The number of rotatable bonds is 3. The molecular weight excluding hydrogens is 279 g/mol. The minimum atomic E-state index is -0.384. The van der Waals surface area contributed by atoms with E-state index >= 15 is 0 Å². The molecule has 4 N–H and O–H groups in total. The van der Waals surface area contributed by atoms with Crippen LogP contribution < -0.4 is 11.1 Å². The SMILES string of the molecule is Nc1cc(Br)c(F)cc1NCc1nn[nH]n1. The molecule has 2 aromatic rings. The Morgan fingerprint density at radius 3 is 3.00 bits per heavy atom. The number of aromatic nitrogens is 4. The second-order valence-corrected chi connectivity index (χ2v) is 3.89. The first kappa shape index (κ1) is 10.8. The molecular formula is C8H8BrFN6. The Bertz CT molecular complexity index is 486.